The highest BCUT2D eigenvalue weighted by atomic mass is 35.5. The molecule has 2 aromatic carbocycles. The van der Waals surface area contributed by atoms with Crippen molar-refractivity contribution in [3.8, 4) is 11.3 Å². The quantitative estimate of drug-likeness (QED) is 0.416. The molecule has 2 heterocycles. The molecule has 26 heavy (non-hydrogen) atoms. The minimum atomic E-state index is 0.214. The van der Waals surface area contributed by atoms with E-state index < -0.39 is 0 Å². The van der Waals surface area contributed by atoms with Crippen molar-refractivity contribution < 1.29 is 4.84 Å². The van der Waals surface area contributed by atoms with Crippen LogP contribution in [0, 0.1) is 0 Å². The lowest BCUT2D eigenvalue weighted by Crippen LogP contribution is -2.01. The molecule has 0 fully saturated rings. The van der Waals surface area contributed by atoms with Gasteiger partial charge in [0.15, 0.2) is 5.16 Å². The van der Waals surface area contributed by atoms with Gasteiger partial charge in [0.05, 0.1) is 17.6 Å². The maximum Gasteiger partial charge on any atom is 0.169 e. The van der Waals surface area contributed by atoms with Gasteiger partial charge >= 0.3 is 0 Å². The number of benzene rings is 2. The predicted octanol–water partition coefficient (Wildman–Crippen LogP) is 5.51. The molecule has 4 nitrogen and oxygen atoms in total. The first-order chi connectivity index (χ1) is 12.7. The fourth-order valence-electron chi connectivity index (χ4n) is 2.80. The van der Waals surface area contributed by atoms with E-state index in [2.05, 4.69) is 9.72 Å². The zero-order valence-electron chi connectivity index (χ0n) is 13.7. The van der Waals surface area contributed by atoms with E-state index in [1.165, 1.54) is 0 Å². The summed E-state index contributed by atoms with van der Waals surface area (Å²) in [6, 6.07) is 15.5. The van der Waals surface area contributed by atoms with Crippen LogP contribution < -0.4 is 0 Å². The van der Waals surface area contributed by atoms with Gasteiger partial charge < -0.3 is 9.40 Å². The van der Waals surface area contributed by atoms with Crippen molar-refractivity contribution in [2.75, 3.05) is 5.75 Å². The number of nitrogens with zero attached hydrogens (tertiary/aromatic N) is 3. The van der Waals surface area contributed by atoms with Gasteiger partial charge in [0.2, 0.25) is 0 Å². The summed E-state index contributed by atoms with van der Waals surface area (Å²) in [6.45, 7) is 1.13. The minimum Gasteiger partial charge on any atom is -0.391 e. The molecule has 0 saturated carbocycles. The van der Waals surface area contributed by atoms with E-state index in [0.29, 0.717) is 10.0 Å². The predicted molar refractivity (Wildman–Crippen MR) is 107 cm³/mol. The number of rotatable bonds is 5. The highest BCUT2D eigenvalue weighted by molar-refractivity contribution is 7.99. The number of fused-ring (bicyclic) bond motifs is 1. The Labute approximate surface area is 165 Å². The summed E-state index contributed by atoms with van der Waals surface area (Å²) in [6.07, 6.45) is 1.72. The van der Waals surface area contributed by atoms with Crippen molar-refractivity contribution in [2.45, 2.75) is 18.3 Å². The Bertz CT molecular complexity index is 937. The lowest BCUT2D eigenvalue weighted by Gasteiger charge is -2.06. The molecule has 0 radical (unpaired) electrons. The van der Waals surface area contributed by atoms with Gasteiger partial charge in [-0.05, 0) is 12.1 Å². The van der Waals surface area contributed by atoms with E-state index in [-0.39, 0.29) is 6.61 Å². The van der Waals surface area contributed by atoms with Gasteiger partial charge in [-0.1, -0.05) is 76.5 Å². The summed E-state index contributed by atoms with van der Waals surface area (Å²) in [5, 5.41) is 6.29. The van der Waals surface area contributed by atoms with E-state index in [1.54, 1.807) is 36.2 Å². The van der Waals surface area contributed by atoms with Crippen LogP contribution in [0.3, 0.4) is 0 Å². The number of halogens is 2. The monoisotopic (exact) mass is 403 g/mol. The Morgan fingerprint density at radius 2 is 1.88 bits per heavy atom. The highest BCUT2D eigenvalue weighted by Gasteiger charge is 2.21. The van der Waals surface area contributed by atoms with Gasteiger partial charge in [-0.15, -0.1) is 0 Å². The molecule has 0 bridgehead atoms. The van der Waals surface area contributed by atoms with Crippen molar-refractivity contribution >= 4 is 41.2 Å². The highest BCUT2D eigenvalue weighted by Crippen LogP contribution is 2.32. The number of hydrogen-bond donors (Lipinski definition) is 0. The molecule has 0 saturated heterocycles. The van der Waals surface area contributed by atoms with E-state index in [9.17, 15) is 0 Å². The molecule has 1 aliphatic heterocycles. The summed E-state index contributed by atoms with van der Waals surface area (Å²) in [7, 11) is 0. The molecule has 4 rings (SSSR count). The van der Waals surface area contributed by atoms with E-state index in [0.717, 1.165) is 40.0 Å². The summed E-state index contributed by atoms with van der Waals surface area (Å²) in [4.78, 5) is 10.2. The molecule has 3 aromatic rings. The molecule has 0 spiro atoms. The fourth-order valence-corrected chi connectivity index (χ4v) is 4.26. The smallest absolute Gasteiger partial charge is 0.169 e. The Balaban J connectivity index is 1.57. The van der Waals surface area contributed by atoms with E-state index in [1.807, 2.05) is 30.3 Å². The van der Waals surface area contributed by atoms with Crippen molar-refractivity contribution in [3.05, 3.63) is 69.8 Å². The second-order valence-corrected chi connectivity index (χ2v) is 7.58. The first-order valence-corrected chi connectivity index (χ1v) is 9.85. The van der Waals surface area contributed by atoms with E-state index in [4.69, 9.17) is 33.0 Å². The lowest BCUT2D eigenvalue weighted by molar-refractivity contribution is 0.132. The van der Waals surface area contributed by atoms with Gasteiger partial charge in [-0.3, -0.25) is 0 Å². The Kier molecular flexibility index (Phi) is 5.20. The molecular formula is C19H15Cl2N3OS. The fraction of sp³-hybridized carbons (Fsp3) is 0.158. The summed E-state index contributed by atoms with van der Waals surface area (Å²) < 4.78 is 2.17. The SMILES string of the molecule is Clc1cccc(Cl)c1CO/N=C\c1c(-c2ccccc2)nc2n1CCS2. The number of thioether (sulfide) groups is 1. The maximum atomic E-state index is 6.16. The summed E-state index contributed by atoms with van der Waals surface area (Å²) >= 11 is 14.1. The molecule has 0 aliphatic carbocycles. The van der Waals surface area contributed by atoms with Crippen LogP contribution >= 0.6 is 35.0 Å². The maximum absolute atomic E-state index is 6.16. The number of imidazole rings is 1. The number of aromatic nitrogens is 2. The first kappa shape index (κ1) is 17.5. The number of oxime groups is 1. The normalized spacial score (nSPS) is 13.3. The average molecular weight is 404 g/mol. The molecule has 1 aromatic heterocycles. The third-order valence-electron chi connectivity index (χ3n) is 4.09. The summed E-state index contributed by atoms with van der Waals surface area (Å²) in [5.41, 5.74) is 3.65. The Morgan fingerprint density at radius 1 is 1.12 bits per heavy atom. The second kappa shape index (κ2) is 7.74. The van der Waals surface area contributed by atoms with Gasteiger partial charge in [0, 0.05) is 33.5 Å². The molecule has 132 valence electrons. The van der Waals surface area contributed by atoms with Crippen molar-refractivity contribution in [3.63, 3.8) is 0 Å². The lowest BCUT2D eigenvalue weighted by atomic mass is 10.1. The largest absolute Gasteiger partial charge is 0.391 e. The van der Waals surface area contributed by atoms with Crippen molar-refractivity contribution in [1.29, 1.82) is 0 Å². The second-order valence-electron chi connectivity index (χ2n) is 5.70. The van der Waals surface area contributed by atoms with Crippen LogP contribution in [0.25, 0.3) is 11.3 Å². The molecule has 0 atom stereocenters. The van der Waals surface area contributed by atoms with Crippen LogP contribution in [0.1, 0.15) is 11.3 Å². The van der Waals surface area contributed by atoms with Crippen LogP contribution in [0.2, 0.25) is 10.0 Å². The topological polar surface area (TPSA) is 39.4 Å². The zero-order valence-corrected chi connectivity index (χ0v) is 16.1. The summed E-state index contributed by atoms with van der Waals surface area (Å²) in [5.74, 6) is 1.02. The Morgan fingerprint density at radius 3 is 2.65 bits per heavy atom. The van der Waals surface area contributed by atoms with Crippen molar-refractivity contribution in [1.82, 2.24) is 9.55 Å². The third kappa shape index (κ3) is 3.47. The van der Waals surface area contributed by atoms with Crippen LogP contribution in [-0.2, 0) is 18.0 Å². The van der Waals surface area contributed by atoms with Crippen LogP contribution in [-0.4, -0.2) is 21.5 Å². The Hall–Kier alpha value is -1.95. The molecule has 0 N–H and O–H groups in total. The minimum absolute atomic E-state index is 0.214. The van der Waals surface area contributed by atoms with Crippen LogP contribution in [0.15, 0.2) is 58.8 Å². The van der Waals surface area contributed by atoms with Gasteiger partial charge in [0.25, 0.3) is 0 Å². The molecular weight excluding hydrogens is 389 g/mol. The molecule has 0 amide bonds. The number of hydrogen-bond acceptors (Lipinski definition) is 4. The first-order valence-electron chi connectivity index (χ1n) is 8.11. The molecule has 7 heteroatoms. The standard InChI is InChI=1S/C19H15Cl2N3OS/c20-15-7-4-8-16(21)14(15)12-25-22-11-17-18(13-5-2-1-3-6-13)23-19-24(17)9-10-26-19/h1-8,11H,9-10,12H2/b22-11-. The molecule has 0 unspecified atom stereocenters. The van der Waals surface area contributed by atoms with Crippen LogP contribution in [0.4, 0.5) is 0 Å². The average Bonchev–Trinajstić information content (AvgIpc) is 3.23. The van der Waals surface area contributed by atoms with Gasteiger partial charge in [-0.2, -0.15) is 0 Å². The third-order valence-corrected chi connectivity index (χ3v) is 5.75. The van der Waals surface area contributed by atoms with Crippen LogP contribution in [0.5, 0.6) is 0 Å². The van der Waals surface area contributed by atoms with Gasteiger partial charge in [-0.25, -0.2) is 4.98 Å². The van der Waals surface area contributed by atoms with Gasteiger partial charge in [0.1, 0.15) is 6.61 Å². The molecule has 1 aliphatic rings. The zero-order chi connectivity index (χ0) is 17.9. The van der Waals surface area contributed by atoms with Crippen molar-refractivity contribution in [2.24, 2.45) is 5.16 Å². The van der Waals surface area contributed by atoms with E-state index >= 15 is 0 Å².